The number of halogens is 2. The van der Waals surface area contributed by atoms with Gasteiger partial charge in [-0.05, 0) is 25.8 Å². The number of carbonyl (C=O) groups is 1. The van der Waals surface area contributed by atoms with E-state index in [4.69, 9.17) is 4.74 Å². The highest BCUT2D eigenvalue weighted by molar-refractivity contribution is 5.83. The van der Waals surface area contributed by atoms with E-state index in [-0.39, 0.29) is 12.1 Å². The third-order valence-electron chi connectivity index (χ3n) is 5.79. The molecular weight excluding hydrogens is 386 g/mol. The van der Waals surface area contributed by atoms with Gasteiger partial charge >= 0.3 is 0 Å². The Bertz CT molecular complexity index is 995. The van der Waals surface area contributed by atoms with E-state index in [9.17, 15) is 13.6 Å². The molecule has 0 saturated carbocycles. The molecule has 2 bridgehead atoms. The first-order valence-electron chi connectivity index (χ1n) is 10.1. The minimum Gasteiger partial charge on any atom is -0.487 e. The van der Waals surface area contributed by atoms with Gasteiger partial charge in [0.25, 0.3) is 6.43 Å². The van der Waals surface area contributed by atoms with Gasteiger partial charge in [-0.25, -0.2) is 8.78 Å². The Morgan fingerprint density at radius 1 is 1.30 bits per heavy atom. The number of ether oxygens (including phenoxy) is 1. The van der Waals surface area contributed by atoms with Crippen molar-refractivity contribution in [3.05, 3.63) is 59.4 Å². The molecule has 1 fully saturated rings. The standard InChI is InChI=1S/C24H24F2N2O2/c1-24(2,22(25)26)23(29)28-15-18-12-20(28)19-14-27-13-17(21(19)30-18)11-7-6-10-16-8-4-3-5-9-16/h3-5,8-9,13-14,18,20,22H,6,10,12,15H2,1-2H3/t18-,20-/m0/s1. The summed E-state index contributed by atoms with van der Waals surface area (Å²) in [5.74, 6) is 6.39. The number of carbonyl (C=O) groups excluding carboxylic acids is 1. The first-order chi connectivity index (χ1) is 14.4. The number of pyridine rings is 1. The van der Waals surface area contributed by atoms with Gasteiger partial charge in [-0.1, -0.05) is 42.2 Å². The van der Waals surface area contributed by atoms with Crippen molar-refractivity contribution in [3.63, 3.8) is 0 Å². The maximum absolute atomic E-state index is 13.4. The van der Waals surface area contributed by atoms with Crippen molar-refractivity contribution in [2.24, 2.45) is 5.41 Å². The SMILES string of the molecule is CC(C)(C(=O)N1C[C@@H]2C[C@H]1c1cncc(C#CCCc3ccccc3)c1O2)C(F)F. The topological polar surface area (TPSA) is 42.4 Å². The number of aryl methyl sites for hydroxylation is 1. The monoisotopic (exact) mass is 410 g/mol. The van der Waals surface area contributed by atoms with Crippen LogP contribution in [0.3, 0.4) is 0 Å². The lowest BCUT2D eigenvalue weighted by Crippen LogP contribution is -2.44. The molecule has 2 aromatic rings. The zero-order chi connectivity index (χ0) is 21.3. The number of benzene rings is 1. The Labute approximate surface area is 175 Å². The summed E-state index contributed by atoms with van der Waals surface area (Å²) in [6, 6.07) is 9.84. The summed E-state index contributed by atoms with van der Waals surface area (Å²) >= 11 is 0. The lowest BCUT2D eigenvalue weighted by molar-refractivity contribution is -0.149. The smallest absolute Gasteiger partial charge is 0.252 e. The molecule has 1 amide bonds. The number of fused-ring (bicyclic) bond motifs is 4. The summed E-state index contributed by atoms with van der Waals surface area (Å²) in [6.45, 7) is 2.88. The van der Waals surface area contributed by atoms with Crippen LogP contribution in [0.15, 0.2) is 42.7 Å². The number of alkyl halides is 2. The maximum Gasteiger partial charge on any atom is 0.252 e. The molecule has 0 spiro atoms. The van der Waals surface area contributed by atoms with Gasteiger partial charge in [-0.15, -0.1) is 0 Å². The van der Waals surface area contributed by atoms with Crippen LogP contribution >= 0.6 is 0 Å². The van der Waals surface area contributed by atoms with Crippen molar-refractivity contribution in [2.75, 3.05) is 6.54 Å². The van der Waals surface area contributed by atoms with Crippen molar-refractivity contribution in [3.8, 4) is 17.6 Å². The molecule has 0 radical (unpaired) electrons. The zero-order valence-electron chi connectivity index (χ0n) is 17.1. The molecule has 156 valence electrons. The predicted molar refractivity (Wildman–Crippen MR) is 109 cm³/mol. The molecule has 0 unspecified atom stereocenters. The van der Waals surface area contributed by atoms with E-state index in [1.165, 1.54) is 24.3 Å². The van der Waals surface area contributed by atoms with Crippen molar-refractivity contribution in [1.29, 1.82) is 0 Å². The normalized spacial score (nSPS) is 19.7. The van der Waals surface area contributed by atoms with Crippen molar-refractivity contribution in [1.82, 2.24) is 9.88 Å². The Kier molecular flexibility index (Phi) is 5.46. The Balaban J connectivity index is 1.54. The molecule has 0 aliphatic carbocycles. The van der Waals surface area contributed by atoms with Crippen LogP contribution in [-0.4, -0.2) is 34.9 Å². The number of rotatable bonds is 4. The van der Waals surface area contributed by atoms with Crippen LogP contribution in [-0.2, 0) is 11.2 Å². The minimum absolute atomic E-state index is 0.216. The van der Waals surface area contributed by atoms with Gasteiger partial charge in [-0.2, -0.15) is 0 Å². The van der Waals surface area contributed by atoms with E-state index in [2.05, 4.69) is 29.0 Å². The summed E-state index contributed by atoms with van der Waals surface area (Å²) in [7, 11) is 0. The summed E-state index contributed by atoms with van der Waals surface area (Å²) < 4.78 is 32.9. The fourth-order valence-electron chi connectivity index (χ4n) is 3.96. The number of hydrogen-bond acceptors (Lipinski definition) is 3. The average molecular weight is 410 g/mol. The van der Waals surface area contributed by atoms with Gasteiger partial charge in [-0.3, -0.25) is 9.78 Å². The quantitative estimate of drug-likeness (QED) is 0.702. The van der Waals surface area contributed by atoms with Crippen LogP contribution < -0.4 is 4.74 Å². The molecule has 1 saturated heterocycles. The molecule has 2 atom stereocenters. The Hall–Kier alpha value is -2.94. The van der Waals surface area contributed by atoms with E-state index in [1.54, 1.807) is 12.4 Å². The van der Waals surface area contributed by atoms with Gasteiger partial charge in [0.1, 0.15) is 17.3 Å². The first-order valence-corrected chi connectivity index (χ1v) is 10.1. The van der Waals surface area contributed by atoms with E-state index >= 15 is 0 Å². The number of nitrogens with zero attached hydrogens (tertiary/aromatic N) is 2. The lowest BCUT2D eigenvalue weighted by Gasteiger charge is -2.32. The second-order valence-electron chi connectivity index (χ2n) is 8.36. The van der Waals surface area contributed by atoms with E-state index in [1.807, 2.05) is 18.2 Å². The number of amides is 1. The van der Waals surface area contributed by atoms with Gasteiger partial charge < -0.3 is 9.64 Å². The molecule has 4 rings (SSSR count). The predicted octanol–water partition coefficient (Wildman–Crippen LogP) is 4.39. The highest BCUT2D eigenvalue weighted by Gasteiger charge is 2.49. The molecule has 30 heavy (non-hydrogen) atoms. The molecule has 2 aliphatic rings. The molecule has 6 heteroatoms. The summed E-state index contributed by atoms with van der Waals surface area (Å²) in [4.78, 5) is 18.6. The molecular formula is C24H24F2N2O2. The number of aromatic nitrogens is 1. The van der Waals surface area contributed by atoms with Crippen LogP contribution in [0.2, 0.25) is 0 Å². The van der Waals surface area contributed by atoms with Gasteiger partial charge in [0, 0.05) is 30.8 Å². The molecule has 1 aromatic carbocycles. The van der Waals surface area contributed by atoms with Gasteiger partial charge in [0.05, 0.1) is 18.2 Å². The van der Waals surface area contributed by atoms with E-state index in [0.717, 1.165) is 12.0 Å². The first kappa shape index (κ1) is 20.3. The highest BCUT2D eigenvalue weighted by atomic mass is 19.3. The van der Waals surface area contributed by atoms with Crippen LogP contribution in [0.5, 0.6) is 5.75 Å². The second kappa shape index (κ2) is 8.06. The maximum atomic E-state index is 13.4. The Morgan fingerprint density at radius 2 is 2.07 bits per heavy atom. The van der Waals surface area contributed by atoms with Crippen molar-refractivity contribution < 1.29 is 18.3 Å². The molecule has 3 heterocycles. The highest BCUT2D eigenvalue weighted by Crippen LogP contribution is 2.46. The summed E-state index contributed by atoms with van der Waals surface area (Å²) in [5, 5.41) is 0. The van der Waals surface area contributed by atoms with Crippen LogP contribution in [0.1, 0.15) is 49.4 Å². The fourth-order valence-corrected chi connectivity index (χ4v) is 3.96. The molecule has 1 aromatic heterocycles. The van der Waals surface area contributed by atoms with E-state index < -0.39 is 17.7 Å². The number of hydrogen-bond donors (Lipinski definition) is 0. The minimum atomic E-state index is -2.73. The summed E-state index contributed by atoms with van der Waals surface area (Å²) in [6.07, 6.45) is 2.52. The van der Waals surface area contributed by atoms with Gasteiger partial charge in [0.2, 0.25) is 5.91 Å². The van der Waals surface area contributed by atoms with Crippen LogP contribution in [0.4, 0.5) is 8.78 Å². The van der Waals surface area contributed by atoms with Gasteiger partial charge in [0.15, 0.2) is 0 Å². The fraction of sp³-hybridized carbons (Fsp3) is 0.417. The third kappa shape index (κ3) is 3.77. The van der Waals surface area contributed by atoms with Crippen molar-refractivity contribution >= 4 is 5.91 Å². The Morgan fingerprint density at radius 3 is 2.80 bits per heavy atom. The lowest BCUT2D eigenvalue weighted by atomic mass is 9.91. The average Bonchev–Trinajstić information content (AvgIpc) is 3.09. The third-order valence-corrected chi connectivity index (χ3v) is 5.79. The number of likely N-dealkylation sites (tertiary alicyclic amines) is 1. The van der Waals surface area contributed by atoms with Crippen molar-refractivity contribution in [2.45, 2.75) is 51.7 Å². The van der Waals surface area contributed by atoms with Crippen LogP contribution in [0.25, 0.3) is 0 Å². The summed E-state index contributed by atoms with van der Waals surface area (Å²) in [5.41, 5.74) is 0.916. The molecule has 4 nitrogen and oxygen atoms in total. The van der Waals surface area contributed by atoms with E-state index in [0.29, 0.717) is 30.7 Å². The largest absolute Gasteiger partial charge is 0.487 e. The van der Waals surface area contributed by atoms with Crippen LogP contribution in [0, 0.1) is 17.3 Å². The molecule has 0 N–H and O–H groups in total. The zero-order valence-corrected chi connectivity index (χ0v) is 17.1. The molecule has 2 aliphatic heterocycles. The second-order valence-corrected chi connectivity index (χ2v) is 8.36.